The van der Waals surface area contributed by atoms with Crippen molar-refractivity contribution in [1.29, 1.82) is 0 Å². The highest BCUT2D eigenvalue weighted by Gasteiger charge is 2.24. The monoisotopic (exact) mass is 341 g/mol. The summed E-state index contributed by atoms with van der Waals surface area (Å²) < 4.78 is 31.8. The SMILES string of the molecule is CCOC(=O)N1CCN(C(=O)CCNc2c(F)cccc2F)CC1. The van der Waals surface area contributed by atoms with Gasteiger partial charge in [-0.25, -0.2) is 13.6 Å². The molecule has 0 radical (unpaired) electrons. The van der Waals surface area contributed by atoms with Gasteiger partial charge in [-0.2, -0.15) is 0 Å². The maximum atomic E-state index is 13.5. The number of carbonyl (C=O) groups is 2. The van der Waals surface area contributed by atoms with Crippen molar-refractivity contribution in [3.8, 4) is 0 Å². The van der Waals surface area contributed by atoms with Crippen LogP contribution >= 0.6 is 0 Å². The molecule has 2 rings (SSSR count). The van der Waals surface area contributed by atoms with Crippen molar-refractivity contribution in [2.24, 2.45) is 0 Å². The number of nitrogens with zero attached hydrogens (tertiary/aromatic N) is 2. The van der Waals surface area contributed by atoms with E-state index in [9.17, 15) is 18.4 Å². The number of amides is 2. The second kappa shape index (κ2) is 8.47. The maximum Gasteiger partial charge on any atom is 0.409 e. The van der Waals surface area contributed by atoms with Crippen LogP contribution in [0.15, 0.2) is 18.2 Å². The van der Waals surface area contributed by atoms with Gasteiger partial charge in [-0.15, -0.1) is 0 Å². The van der Waals surface area contributed by atoms with E-state index in [0.29, 0.717) is 32.8 Å². The van der Waals surface area contributed by atoms with E-state index >= 15 is 0 Å². The zero-order valence-corrected chi connectivity index (χ0v) is 13.6. The van der Waals surface area contributed by atoms with Crippen LogP contribution in [0, 0.1) is 11.6 Å². The first-order chi connectivity index (χ1) is 11.5. The fourth-order valence-corrected chi connectivity index (χ4v) is 2.47. The number of ether oxygens (including phenoxy) is 1. The van der Waals surface area contributed by atoms with E-state index in [-0.39, 0.29) is 30.7 Å². The van der Waals surface area contributed by atoms with Crippen LogP contribution < -0.4 is 5.32 Å². The van der Waals surface area contributed by atoms with Gasteiger partial charge in [-0.1, -0.05) is 6.07 Å². The molecule has 0 saturated carbocycles. The fraction of sp³-hybridized carbons (Fsp3) is 0.500. The first-order valence-corrected chi connectivity index (χ1v) is 7.90. The van der Waals surface area contributed by atoms with Crippen LogP contribution in [0.4, 0.5) is 19.3 Å². The largest absolute Gasteiger partial charge is 0.450 e. The van der Waals surface area contributed by atoms with Gasteiger partial charge in [-0.05, 0) is 19.1 Å². The quantitative estimate of drug-likeness (QED) is 0.891. The molecule has 0 aromatic heterocycles. The van der Waals surface area contributed by atoms with Crippen molar-refractivity contribution in [3.05, 3.63) is 29.8 Å². The van der Waals surface area contributed by atoms with Crippen molar-refractivity contribution in [3.63, 3.8) is 0 Å². The van der Waals surface area contributed by atoms with Gasteiger partial charge in [0, 0.05) is 39.1 Å². The van der Waals surface area contributed by atoms with Crippen LogP contribution in [-0.2, 0) is 9.53 Å². The molecular formula is C16H21F2N3O3. The molecule has 1 aromatic carbocycles. The zero-order valence-electron chi connectivity index (χ0n) is 13.6. The first kappa shape index (κ1) is 18.0. The molecule has 2 amide bonds. The minimum atomic E-state index is -0.689. The van der Waals surface area contributed by atoms with Crippen molar-refractivity contribution >= 4 is 17.7 Å². The minimum Gasteiger partial charge on any atom is -0.450 e. The molecule has 24 heavy (non-hydrogen) atoms. The standard InChI is InChI=1S/C16H21F2N3O3/c1-2-24-16(23)21-10-8-20(9-11-21)14(22)6-7-19-15-12(17)4-3-5-13(15)18/h3-5,19H,2,6-11H2,1H3. The summed E-state index contributed by atoms with van der Waals surface area (Å²) in [5, 5.41) is 2.61. The molecule has 0 aliphatic carbocycles. The summed E-state index contributed by atoms with van der Waals surface area (Å²) >= 11 is 0. The van der Waals surface area contributed by atoms with Crippen LogP contribution in [0.2, 0.25) is 0 Å². The van der Waals surface area contributed by atoms with Crippen LogP contribution in [0.1, 0.15) is 13.3 Å². The molecule has 0 spiro atoms. The molecule has 1 aliphatic heterocycles. The summed E-state index contributed by atoms with van der Waals surface area (Å²) in [6.45, 7) is 3.87. The van der Waals surface area contributed by atoms with E-state index in [1.165, 1.54) is 6.07 Å². The van der Waals surface area contributed by atoms with Crippen molar-refractivity contribution in [2.45, 2.75) is 13.3 Å². The third-order valence-corrected chi connectivity index (χ3v) is 3.76. The van der Waals surface area contributed by atoms with Crippen molar-refractivity contribution in [1.82, 2.24) is 9.80 Å². The highest BCUT2D eigenvalue weighted by Crippen LogP contribution is 2.17. The molecule has 6 nitrogen and oxygen atoms in total. The Bertz CT molecular complexity index is 570. The van der Waals surface area contributed by atoms with E-state index in [2.05, 4.69) is 5.32 Å². The number of nitrogens with one attached hydrogen (secondary N) is 1. The molecule has 0 bridgehead atoms. The third kappa shape index (κ3) is 4.56. The van der Waals surface area contributed by atoms with Gasteiger partial charge in [0.2, 0.25) is 5.91 Å². The zero-order chi connectivity index (χ0) is 17.5. The van der Waals surface area contributed by atoms with Crippen LogP contribution in [0.25, 0.3) is 0 Å². The smallest absolute Gasteiger partial charge is 0.409 e. The van der Waals surface area contributed by atoms with Crippen LogP contribution in [-0.4, -0.2) is 61.1 Å². The first-order valence-electron chi connectivity index (χ1n) is 7.90. The number of hydrogen-bond donors (Lipinski definition) is 1. The highest BCUT2D eigenvalue weighted by molar-refractivity contribution is 5.77. The Morgan fingerprint density at radius 1 is 1.12 bits per heavy atom. The molecule has 1 heterocycles. The third-order valence-electron chi connectivity index (χ3n) is 3.76. The Morgan fingerprint density at radius 2 is 1.71 bits per heavy atom. The second-order valence-electron chi connectivity index (χ2n) is 5.34. The Balaban J connectivity index is 1.75. The van der Waals surface area contributed by atoms with Gasteiger partial charge in [0.05, 0.1) is 6.61 Å². The lowest BCUT2D eigenvalue weighted by atomic mass is 10.2. The van der Waals surface area contributed by atoms with Gasteiger partial charge in [-0.3, -0.25) is 4.79 Å². The van der Waals surface area contributed by atoms with Gasteiger partial charge in [0.25, 0.3) is 0 Å². The number of anilines is 1. The number of piperazine rings is 1. The molecule has 1 N–H and O–H groups in total. The van der Waals surface area contributed by atoms with Crippen molar-refractivity contribution in [2.75, 3.05) is 44.6 Å². The van der Waals surface area contributed by atoms with E-state index in [1.807, 2.05) is 0 Å². The molecule has 0 unspecified atom stereocenters. The number of para-hydroxylation sites is 1. The molecule has 1 saturated heterocycles. The summed E-state index contributed by atoms with van der Waals surface area (Å²) in [6, 6.07) is 3.59. The van der Waals surface area contributed by atoms with Gasteiger partial charge in [0.1, 0.15) is 17.3 Å². The Morgan fingerprint density at radius 3 is 2.29 bits per heavy atom. The molecule has 0 atom stereocenters. The number of carbonyl (C=O) groups excluding carboxylic acids is 2. The Kier molecular flexibility index (Phi) is 6.34. The molecule has 1 aliphatic rings. The van der Waals surface area contributed by atoms with Gasteiger partial charge < -0.3 is 19.9 Å². The van der Waals surface area contributed by atoms with Crippen LogP contribution in [0.3, 0.4) is 0 Å². The lowest BCUT2D eigenvalue weighted by molar-refractivity contribution is -0.132. The fourth-order valence-electron chi connectivity index (χ4n) is 2.47. The number of halogens is 2. The van der Waals surface area contributed by atoms with Gasteiger partial charge >= 0.3 is 6.09 Å². The minimum absolute atomic E-state index is 0.118. The van der Waals surface area contributed by atoms with E-state index in [0.717, 1.165) is 12.1 Å². The predicted molar refractivity (Wildman–Crippen MR) is 84.6 cm³/mol. The van der Waals surface area contributed by atoms with Crippen molar-refractivity contribution < 1.29 is 23.1 Å². The summed E-state index contributed by atoms with van der Waals surface area (Å²) in [5.41, 5.74) is -0.225. The molecule has 8 heteroatoms. The normalized spacial score (nSPS) is 14.5. The van der Waals surface area contributed by atoms with E-state index in [1.54, 1.807) is 16.7 Å². The lowest BCUT2D eigenvalue weighted by Crippen LogP contribution is -2.50. The summed E-state index contributed by atoms with van der Waals surface area (Å²) in [5.74, 6) is -1.50. The topological polar surface area (TPSA) is 61.9 Å². The van der Waals surface area contributed by atoms with Crippen LogP contribution in [0.5, 0.6) is 0 Å². The van der Waals surface area contributed by atoms with Gasteiger partial charge in [0.15, 0.2) is 0 Å². The summed E-state index contributed by atoms with van der Waals surface area (Å²) in [6.07, 6.45) is -0.256. The molecule has 1 fully saturated rings. The lowest BCUT2D eigenvalue weighted by Gasteiger charge is -2.34. The van der Waals surface area contributed by atoms with E-state index in [4.69, 9.17) is 4.74 Å². The average Bonchev–Trinajstić information content (AvgIpc) is 2.57. The Labute approximate surface area is 139 Å². The predicted octanol–water partition coefficient (Wildman–Crippen LogP) is 2.07. The number of benzene rings is 1. The Hall–Kier alpha value is -2.38. The maximum absolute atomic E-state index is 13.5. The average molecular weight is 341 g/mol. The molecular weight excluding hydrogens is 320 g/mol. The number of rotatable bonds is 5. The van der Waals surface area contributed by atoms with E-state index < -0.39 is 11.6 Å². The summed E-state index contributed by atoms with van der Waals surface area (Å²) in [7, 11) is 0. The molecule has 1 aromatic rings. The number of hydrogen-bond acceptors (Lipinski definition) is 4. The molecule has 132 valence electrons. The second-order valence-corrected chi connectivity index (χ2v) is 5.34. The summed E-state index contributed by atoms with van der Waals surface area (Å²) in [4.78, 5) is 26.9. The highest BCUT2D eigenvalue weighted by atomic mass is 19.1.